The maximum absolute atomic E-state index is 11.3. The fourth-order valence-corrected chi connectivity index (χ4v) is 0.327. The molecule has 4 nitrogen and oxygen atoms in total. The minimum atomic E-state index is -4.74. The summed E-state index contributed by atoms with van der Waals surface area (Å²) in [5.41, 5.74) is 2.90. The van der Waals surface area contributed by atoms with Crippen molar-refractivity contribution >= 4 is 12.4 Å². The van der Waals surface area contributed by atoms with Crippen LogP contribution in [0, 0.1) is 0 Å². The van der Waals surface area contributed by atoms with Gasteiger partial charge >= 0.3 is 12.4 Å². The summed E-state index contributed by atoms with van der Waals surface area (Å²) >= 11 is 0. The van der Waals surface area contributed by atoms with Crippen LogP contribution in [-0.2, 0) is 4.74 Å². The van der Waals surface area contributed by atoms with E-state index in [1.165, 1.54) is 0 Å². The molecule has 1 radical (unpaired) electrons. The lowest BCUT2D eigenvalue weighted by molar-refractivity contribution is -0.284. The van der Waals surface area contributed by atoms with Gasteiger partial charge in [0.1, 0.15) is 6.34 Å². The van der Waals surface area contributed by atoms with Gasteiger partial charge in [-0.1, -0.05) is 5.43 Å². The zero-order chi connectivity index (χ0) is 7.61. The Balaban J connectivity index is 2.41. The molecule has 7 heteroatoms. The van der Waals surface area contributed by atoms with E-state index in [9.17, 15) is 13.2 Å². The molecule has 1 heterocycles. The minimum Gasteiger partial charge on any atom is -0.369 e. The minimum absolute atomic E-state index is 0.785. The highest BCUT2D eigenvalue weighted by molar-refractivity contribution is 5.86. The number of hydrogen-bond donors (Lipinski definition) is 0. The number of hydrogen-bond acceptors (Lipinski definition) is 3. The lowest BCUT2D eigenvalue weighted by Crippen LogP contribution is -2.22. The van der Waals surface area contributed by atoms with Crippen LogP contribution in [0.2, 0.25) is 0 Å². The summed E-state index contributed by atoms with van der Waals surface area (Å²) in [5, 5.41) is 3.02. The van der Waals surface area contributed by atoms with Crippen molar-refractivity contribution < 1.29 is 17.9 Å². The molecule has 0 aromatic heterocycles. The van der Waals surface area contributed by atoms with Gasteiger partial charge in [0.05, 0.1) is 0 Å². The number of amidine groups is 1. The van der Waals surface area contributed by atoms with Gasteiger partial charge in [0.15, 0.2) is 0 Å². The zero-order valence-corrected chi connectivity index (χ0v) is 4.46. The monoisotopic (exact) mass is 152 g/mol. The smallest absolute Gasteiger partial charge is 0.369 e. The highest BCUT2D eigenvalue weighted by Gasteiger charge is 2.34. The number of ether oxygens (including phenoxy) is 1. The van der Waals surface area contributed by atoms with Gasteiger partial charge in [0.25, 0.3) is 0 Å². The lowest BCUT2D eigenvalue weighted by atomic mass is 11.1. The number of halogens is 3. The molecule has 10 heavy (non-hydrogen) atoms. The van der Waals surface area contributed by atoms with E-state index in [4.69, 9.17) is 0 Å². The Morgan fingerprint density at radius 2 is 2.10 bits per heavy atom. The Morgan fingerprint density at radius 1 is 1.40 bits per heavy atom. The van der Waals surface area contributed by atoms with Crippen molar-refractivity contribution in [3.05, 3.63) is 0 Å². The Labute approximate surface area is 53.4 Å². The summed E-state index contributed by atoms with van der Waals surface area (Å²) in [4.78, 5) is 3.04. The van der Waals surface area contributed by atoms with E-state index in [1.54, 1.807) is 0 Å². The Morgan fingerprint density at radius 3 is 2.50 bits per heavy atom. The van der Waals surface area contributed by atoms with E-state index in [1.807, 2.05) is 0 Å². The predicted octanol–water partition coefficient (Wildman–Crippen LogP) is 0.440. The molecule has 0 aliphatic carbocycles. The maximum atomic E-state index is 11.3. The second-order valence-corrected chi connectivity index (χ2v) is 1.29. The quantitative estimate of drug-likeness (QED) is 0.496. The first-order valence-corrected chi connectivity index (χ1v) is 2.14. The van der Waals surface area contributed by atoms with Crippen LogP contribution in [0.3, 0.4) is 0 Å². The van der Waals surface area contributed by atoms with Gasteiger partial charge in [0, 0.05) is 0 Å². The molecule has 1 aliphatic heterocycles. The summed E-state index contributed by atoms with van der Waals surface area (Å²) in [7, 11) is 0. The van der Waals surface area contributed by atoms with Crippen LogP contribution < -0.4 is 5.43 Å². The molecule has 0 amide bonds. The third kappa shape index (κ3) is 1.92. The molecule has 0 N–H and O–H groups in total. The highest BCUT2D eigenvalue weighted by atomic mass is 19.4. The first-order chi connectivity index (χ1) is 4.58. The van der Waals surface area contributed by atoms with Crippen molar-refractivity contribution in [3.8, 4) is 0 Å². The van der Waals surface area contributed by atoms with Gasteiger partial charge < -0.3 is 4.74 Å². The Hall–Kier alpha value is -1.27. The molecule has 1 aliphatic rings. The molecule has 0 unspecified atom stereocenters. The SMILES string of the molecule is FC(F)(F)OC1=NC=N[N]1. The first-order valence-electron chi connectivity index (χ1n) is 2.14. The van der Waals surface area contributed by atoms with E-state index in [-0.39, 0.29) is 0 Å². The largest absolute Gasteiger partial charge is 0.575 e. The van der Waals surface area contributed by atoms with E-state index < -0.39 is 12.4 Å². The fourth-order valence-electron chi connectivity index (χ4n) is 0.327. The first kappa shape index (κ1) is 6.84. The van der Waals surface area contributed by atoms with Crippen LogP contribution in [-0.4, -0.2) is 18.7 Å². The van der Waals surface area contributed by atoms with E-state index in [0.29, 0.717) is 0 Å². The van der Waals surface area contributed by atoms with Crippen LogP contribution in [0.1, 0.15) is 0 Å². The second-order valence-electron chi connectivity index (χ2n) is 1.29. The summed E-state index contributed by atoms with van der Waals surface area (Å²) in [5.74, 6) is 0. The van der Waals surface area contributed by atoms with Crippen LogP contribution in [0.15, 0.2) is 10.1 Å². The van der Waals surface area contributed by atoms with Crippen LogP contribution >= 0.6 is 0 Å². The summed E-state index contributed by atoms with van der Waals surface area (Å²) in [6.07, 6.45) is -3.88. The van der Waals surface area contributed by atoms with Crippen molar-refractivity contribution in [1.29, 1.82) is 0 Å². The van der Waals surface area contributed by atoms with Gasteiger partial charge in [-0.3, -0.25) is 0 Å². The highest BCUT2D eigenvalue weighted by Crippen LogP contribution is 2.16. The molecule has 0 aromatic rings. The molecule has 1 rings (SSSR count). The summed E-state index contributed by atoms with van der Waals surface area (Å²) in [6, 6.07) is -0.785. The molecule has 0 bridgehead atoms. The third-order valence-electron chi connectivity index (χ3n) is 0.570. The average molecular weight is 152 g/mol. The molecule has 0 spiro atoms. The molecule has 0 fully saturated rings. The number of nitrogens with zero attached hydrogens (tertiary/aromatic N) is 3. The molecular weight excluding hydrogens is 151 g/mol. The fraction of sp³-hybridized carbons (Fsp3) is 0.333. The number of rotatable bonds is 0. The summed E-state index contributed by atoms with van der Waals surface area (Å²) < 4.78 is 37.1. The molecule has 0 saturated heterocycles. The molecule has 0 saturated carbocycles. The van der Waals surface area contributed by atoms with Crippen molar-refractivity contribution in [3.63, 3.8) is 0 Å². The maximum Gasteiger partial charge on any atom is 0.575 e. The van der Waals surface area contributed by atoms with Crippen molar-refractivity contribution in [2.24, 2.45) is 10.1 Å². The van der Waals surface area contributed by atoms with Crippen molar-refractivity contribution in [2.45, 2.75) is 6.36 Å². The van der Waals surface area contributed by atoms with Crippen LogP contribution in [0.5, 0.6) is 0 Å². The van der Waals surface area contributed by atoms with Gasteiger partial charge in [-0.25, -0.2) is 0 Å². The molecule has 0 aromatic carbocycles. The summed E-state index contributed by atoms with van der Waals surface area (Å²) in [6.45, 7) is 0. The Kier molecular flexibility index (Phi) is 1.48. The average Bonchev–Trinajstić information content (AvgIpc) is 2.12. The van der Waals surface area contributed by atoms with E-state index >= 15 is 0 Å². The Bertz CT molecular complexity index is 184. The standard InChI is InChI=1S/C3HF3N3O/c4-3(5,6)10-2-7-1-8-9-2/h1H. The molecule has 0 atom stereocenters. The third-order valence-corrected chi connectivity index (χ3v) is 0.570. The molecular formula is C3HF3N3O. The second kappa shape index (κ2) is 2.16. The van der Waals surface area contributed by atoms with E-state index in [2.05, 4.69) is 20.3 Å². The number of alkyl halides is 3. The number of aliphatic imine (C=N–C) groups is 1. The van der Waals surface area contributed by atoms with Crippen LogP contribution in [0.4, 0.5) is 13.2 Å². The molecule has 55 valence electrons. The van der Waals surface area contributed by atoms with Gasteiger partial charge in [-0.15, -0.1) is 18.3 Å². The van der Waals surface area contributed by atoms with E-state index in [0.717, 1.165) is 6.34 Å². The topological polar surface area (TPSA) is 48.1 Å². The lowest BCUT2D eigenvalue weighted by Gasteiger charge is -2.04. The predicted molar refractivity (Wildman–Crippen MR) is 25.2 cm³/mol. The normalized spacial score (nSPS) is 16.5. The van der Waals surface area contributed by atoms with Crippen molar-refractivity contribution in [1.82, 2.24) is 5.43 Å². The van der Waals surface area contributed by atoms with Crippen molar-refractivity contribution in [2.75, 3.05) is 0 Å². The van der Waals surface area contributed by atoms with Gasteiger partial charge in [-0.2, -0.15) is 4.99 Å². The van der Waals surface area contributed by atoms with Crippen LogP contribution in [0.25, 0.3) is 0 Å². The zero-order valence-electron chi connectivity index (χ0n) is 4.46. The van der Waals surface area contributed by atoms with Gasteiger partial charge in [-0.05, 0) is 0 Å². The van der Waals surface area contributed by atoms with Gasteiger partial charge in [0.2, 0.25) is 0 Å².